The van der Waals surface area contributed by atoms with Crippen LogP contribution in [0.15, 0.2) is 30.5 Å². The third kappa shape index (κ3) is 1.71. The fraction of sp³-hybridized carbons (Fsp3) is 0.357. The molecule has 0 saturated carbocycles. The van der Waals surface area contributed by atoms with Gasteiger partial charge in [-0.15, -0.1) is 0 Å². The lowest BCUT2D eigenvalue weighted by Gasteiger charge is -2.16. The number of aromatic nitrogens is 1. The number of amides is 1. The number of carbonyl (C=O) groups excluding carboxylic acids is 1. The van der Waals surface area contributed by atoms with E-state index >= 15 is 0 Å². The number of para-hydroxylation sites is 1. The second-order valence-electron chi connectivity index (χ2n) is 4.89. The number of hydrogen-bond acceptors (Lipinski definition) is 1. The topological polar surface area (TPSA) is 36.1 Å². The number of H-pyrrole nitrogens is 1. The van der Waals surface area contributed by atoms with Crippen molar-refractivity contribution in [3.8, 4) is 0 Å². The monoisotopic (exact) mass is 228 g/mol. The number of nitrogens with one attached hydrogen (secondary N) is 1. The number of hydrogen-bond donors (Lipinski definition) is 1. The van der Waals surface area contributed by atoms with Gasteiger partial charge in [0.15, 0.2) is 0 Å². The summed E-state index contributed by atoms with van der Waals surface area (Å²) in [6.07, 6.45) is 3.00. The van der Waals surface area contributed by atoms with E-state index in [0.717, 1.165) is 36.0 Å². The maximum absolute atomic E-state index is 12.4. The van der Waals surface area contributed by atoms with Crippen molar-refractivity contribution < 1.29 is 4.79 Å². The molecule has 3 heteroatoms. The molecule has 3 rings (SSSR count). The number of aromatic amines is 1. The van der Waals surface area contributed by atoms with Crippen molar-refractivity contribution in [2.75, 3.05) is 13.1 Å². The van der Waals surface area contributed by atoms with Gasteiger partial charge in [0.25, 0.3) is 5.91 Å². The van der Waals surface area contributed by atoms with Crippen LogP contribution in [0.1, 0.15) is 23.7 Å². The minimum atomic E-state index is 0.155. The number of nitrogens with zero attached hydrogens (tertiary/aromatic N) is 1. The Morgan fingerprint density at radius 3 is 3.06 bits per heavy atom. The first-order chi connectivity index (χ1) is 8.25. The van der Waals surface area contributed by atoms with Crippen molar-refractivity contribution in [1.82, 2.24) is 9.88 Å². The van der Waals surface area contributed by atoms with Gasteiger partial charge in [0, 0.05) is 24.7 Å². The Kier molecular flexibility index (Phi) is 2.39. The van der Waals surface area contributed by atoms with Gasteiger partial charge < -0.3 is 9.88 Å². The van der Waals surface area contributed by atoms with Crippen LogP contribution in [0.4, 0.5) is 0 Å². The molecule has 1 fully saturated rings. The lowest BCUT2D eigenvalue weighted by atomic mass is 10.1. The largest absolute Gasteiger partial charge is 0.361 e. The molecule has 1 aromatic heterocycles. The molecule has 1 aliphatic heterocycles. The zero-order valence-electron chi connectivity index (χ0n) is 9.94. The molecule has 0 aliphatic carbocycles. The van der Waals surface area contributed by atoms with Crippen LogP contribution in [-0.2, 0) is 0 Å². The van der Waals surface area contributed by atoms with Gasteiger partial charge in [-0.1, -0.05) is 19.1 Å². The first-order valence-electron chi connectivity index (χ1n) is 6.11. The molecule has 1 atom stereocenters. The molecule has 1 amide bonds. The van der Waals surface area contributed by atoms with Gasteiger partial charge in [0.05, 0.1) is 11.1 Å². The third-order valence-electron chi connectivity index (χ3n) is 3.53. The van der Waals surface area contributed by atoms with Crippen molar-refractivity contribution in [3.05, 3.63) is 36.0 Å². The first-order valence-corrected chi connectivity index (χ1v) is 6.11. The molecular formula is C14H16N2O. The molecule has 1 aliphatic rings. The average molecular weight is 228 g/mol. The standard InChI is InChI=1S/C14H16N2O/c1-10-6-8-16(9-10)14(17)12-4-2-3-11-5-7-15-13(11)12/h2-5,7,10,15H,6,8-9H2,1H3. The fourth-order valence-electron chi connectivity index (χ4n) is 2.55. The normalized spacial score (nSPS) is 20.1. The van der Waals surface area contributed by atoms with Crippen LogP contribution in [0.5, 0.6) is 0 Å². The van der Waals surface area contributed by atoms with Crippen LogP contribution < -0.4 is 0 Å². The zero-order valence-corrected chi connectivity index (χ0v) is 9.94. The minimum Gasteiger partial charge on any atom is -0.361 e. The van der Waals surface area contributed by atoms with Crippen LogP contribution in [0.3, 0.4) is 0 Å². The SMILES string of the molecule is CC1CCN(C(=O)c2cccc3cc[nH]c23)C1. The summed E-state index contributed by atoms with van der Waals surface area (Å²) in [5, 5.41) is 1.10. The summed E-state index contributed by atoms with van der Waals surface area (Å²) in [5.41, 5.74) is 1.75. The summed E-state index contributed by atoms with van der Waals surface area (Å²) in [6, 6.07) is 7.88. The van der Waals surface area contributed by atoms with E-state index in [9.17, 15) is 4.79 Å². The molecule has 1 saturated heterocycles. The molecule has 88 valence electrons. The van der Waals surface area contributed by atoms with E-state index in [2.05, 4.69) is 11.9 Å². The van der Waals surface area contributed by atoms with E-state index in [1.54, 1.807) is 0 Å². The van der Waals surface area contributed by atoms with Gasteiger partial charge in [-0.3, -0.25) is 4.79 Å². The number of fused-ring (bicyclic) bond motifs is 1. The molecule has 1 unspecified atom stereocenters. The van der Waals surface area contributed by atoms with E-state index < -0.39 is 0 Å². The average Bonchev–Trinajstić information content (AvgIpc) is 2.95. The van der Waals surface area contributed by atoms with Crippen molar-refractivity contribution in [1.29, 1.82) is 0 Å². The summed E-state index contributed by atoms with van der Waals surface area (Å²) in [7, 11) is 0. The van der Waals surface area contributed by atoms with Crippen LogP contribution in [0.2, 0.25) is 0 Å². The Labute approximate surface area is 100 Å². The number of rotatable bonds is 1. The Balaban J connectivity index is 1.98. The lowest BCUT2D eigenvalue weighted by Crippen LogP contribution is -2.28. The highest BCUT2D eigenvalue weighted by molar-refractivity contribution is 6.05. The maximum atomic E-state index is 12.4. The smallest absolute Gasteiger partial charge is 0.255 e. The second-order valence-corrected chi connectivity index (χ2v) is 4.89. The number of benzene rings is 1. The fourth-order valence-corrected chi connectivity index (χ4v) is 2.55. The zero-order chi connectivity index (χ0) is 11.8. The Morgan fingerprint density at radius 1 is 1.41 bits per heavy atom. The van der Waals surface area contributed by atoms with Crippen molar-refractivity contribution >= 4 is 16.8 Å². The molecule has 0 radical (unpaired) electrons. The predicted octanol–water partition coefficient (Wildman–Crippen LogP) is 2.65. The number of carbonyl (C=O) groups is 1. The van der Waals surface area contributed by atoms with Crippen LogP contribution in [0.25, 0.3) is 10.9 Å². The Morgan fingerprint density at radius 2 is 2.29 bits per heavy atom. The summed E-state index contributed by atoms with van der Waals surface area (Å²) in [4.78, 5) is 17.5. The molecule has 2 heterocycles. The molecule has 3 nitrogen and oxygen atoms in total. The van der Waals surface area contributed by atoms with Gasteiger partial charge in [-0.2, -0.15) is 0 Å². The van der Waals surface area contributed by atoms with E-state index in [1.807, 2.05) is 35.4 Å². The predicted molar refractivity (Wildman–Crippen MR) is 68.0 cm³/mol. The van der Waals surface area contributed by atoms with Crippen LogP contribution in [0, 0.1) is 5.92 Å². The van der Waals surface area contributed by atoms with E-state index in [1.165, 1.54) is 0 Å². The second kappa shape index (κ2) is 3.91. The van der Waals surface area contributed by atoms with Gasteiger partial charge in [0.1, 0.15) is 0 Å². The van der Waals surface area contributed by atoms with Crippen molar-refractivity contribution in [2.45, 2.75) is 13.3 Å². The third-order valence-corrected chi connectivity index (χ3v) is 3.53. The highest BCUT2D eigenvalue weighted by atomic mass is 16.2. The summed E-state index contributed by atoms with van der Waals surface area (Å²) in [5.74, 6) is 0.782. The van der Waals surface area contributed by atoms with Gasteiger partial charge in [-0.05, 0) is 24.5 Å². The van der Waals surface area contributed by atoms with Crippen LogP contribution in [-0.4, -0.2) is 28.9 Å². The Hall–Kier alpha value is -1.77. The quantitative estimate of drug-likeness (QED) is 0.800. The Bertz CT molecular complexity index is 558. The van der Waals surface area contributed by atoms with Gasteiger partial charge in [-0.25, -0.2) is 0 Å². The molecule has 0 bridgehead atoms. The lowest BCUT2D eigenvalue weighted by molar-refractivity contribution is 0.0790. The molecule has 2 aromatic rings. The molecule has 17 heavy (non-hydrogen) atoms. The summed E-state index contributed by atoms with van der Waals surface area (Å²) in [6.45, 7) is 3.97. The molecule has 0 spiro atoms. The minimum absolute atomic E-state index is 0.155. The highest BCUT2D eigenvalue weighted by Gasteiger charge is 2.25. The van der Waals surface area contributed by atoms with Gasteiger partial charge in [0.2, 0.25) is 0 Å². The van der Waals surface area contributed by atoms with Gasteiger partial charge >= 0.3 is 0 Å². The molecule has 1 aromatic carbocycles. The first kappa shape index (κ1) is 10.4. The van der Waals surface area contributed by atoms with Crippen molar-refractivity contribution in [2.24, 2.45) is 5.92 Å². The highest BCUT2D eigenvalue weighted by Crippen LogP contribution is 2.22. The van der Waals surface area contributed by atoms with E-state index in [0.29, 0.717) is 5.92 Å². The maximum Gasteiger partial charge on any atom is 0.255 e. The summed E-state index contributed by atoms with van der Waals surface area (Å²) >= 11 is 0. The van der Waals surface area contributed by atoms with E-state index in [-0.39, 0.29) is 5.91 Å². The summed E-state index contributed by atoms with van der Waals surface area (Å²) < 4.78 is 0. The number of likely N-dealkylation sites (tertiary alicyclic amines) is 1. The molecular weight excluding hydrogens is 212 g/mol. The van der Waals surface area contributed by atoms with E-state index in [4.69, 9.17) is 0 Å². The van der Waals surface area contributed by atoms with Crippen LogP contribution >= 0.6 is 0 Å². The van der Waals surface area contributed by atoms with Crippen molar-refractivity contribution in [3.63, 3.8) is 0 Å². The molecule has 1 N–H and O–H groups in total.